The van der Waals surface area contributed by atoms with Crippen LogP contribution in [0.25, 0.3) is 0 Å². The summed E-state index contributed by atoms with van der Waals surface area (Å²) < 4.78 is 27.6. The Morgan fingerprint density at radius 1 is 1.29 bits per heavy atom. The van der Waals surface area contributed by atoms with E-state index in [9.17, 15) is 13.2 Å². The maximum Gasteiger partial charge on any atom is 0.305 e. The van der Waals surface area contributed by atoms with Crippen LogP contribution in [0.2, 0.25) is 0 Å². The average Bonchev–Trinajstić information content (AvgIpc) is 2.26. The highest BCUT2D eigenvalue weighted by Crippen LogP contribution is 2.02. The molecule has 0 N–H and O–H groups in total. The van der Waals surface area contributed by atoms with Gasteiger partial charge in [0.1, 0.15) is 0 Å². The van der Waals surface area contributed by atoms with Gasteiger partial charge in [0, 0.05) is 13.0 Å². The number of nitrogens with zero attached hydrogens (tertiary/aromatic N) is 1. The summed E-state index contributed by atoms with van der Waals surface area (Å²) in [5, 5.41) is -0.328. The van der Waals surface area contributed by atoms with Crippen LogP contribution in [0.4, 0.5) is 0 Å². The molecule has 0 aliphatic carbocycles. The molecule has 0 fully saturated rings. The molecule has 17 heavy (non-hydrogen) atoms. The third kappa shape index (κ3) is 7.33. The van der Waals surface area contributed by atoms with Gasteiger partial charge >= 0.3 is 5.97 Å². The number of ether oxygens (including phenoxy) is 1. The Kier molecular flexibility index (Phi) is 7.38. The van der Waals surface area contributed by atoms with E-state index in [1.165, 1.54) is 7.11 Å². The number of sulfone groups is 1. The summed E-state index contributed by atoms with van der Waals surface area (Å²) in [5.41, 5.74) is 0. The van der Waals surface area contributed by atoms with Gasteiger partial charge in [-0.3, -0.25) is 4.79 Å². The van der Waals surface area contributed by atoms with E-state index < -0.39 is 9.84 Å². The van der Waals surface area contributed by atoms with E-state index in [1.54, 1.807) is 13.8 Å². The standard InChI is InChI=1S/C11H23NO4S/c1-10(2)17(14,15)9-8-12(3)7-5-6-11(13)16-4/h10H,5-9H2,1-4H3. The molecular weight excluding hydrogens is 242 g/mol. The van der Waals surface area contributed by atoms with E-state index in [2.05, 4.69) is 4.74 Å². The lowest BCUT2D eigenvalue weighted by atomic mass is 10.3. The monoisotopic (exact) mass is 265 g/mol. The van der Waals surface area contributed by atoms with Crippen LogP contribution in [-0.2, 0) is 19.4 Å². The summed E-state index contributed by atoms with van der Waals surface area (Å²) in [7, 11) is 0.244. The summed E-state index contributed by atoms with van der Waals surface area (Å²) in [5.74, 6) is -0.0625. The summed E-state index contributed by atoms with van der Waals surface area (Å²) in [4.78, 5) is 12.8. The summed E-state index contributed by atoms with van der Waals surface area (Å²) in [6.07, 6.45) is 1.06. The maximum atomic E-state index is 11.6. The molecule has 0 spiro atoms. The first kappa shape index (κ1) is 16.4. The third-order valence-electron chi connectivity index (χ3n) is 2.62. The number of hydrogen-bond donors (Lipinski definition) is 0. The molecule has 6 heteroatoms. The maximum absolute atomic E-state index is 11.6. The summed E-state index contributed by atoms with van der Waals surface area (Å²) >= 11 is 0. The molecule has 0 aliphatic rings. The molecule has 0 aromatic rings. The molecule has 0 radical (unpaired) electrons. The zero-order valence-corrected chi connectivity index (χ0v) is 11.9. The van der Waals surface area contributed by atoms with E-state index in [1.807, 2.05) is 11.9 Å². The number of carbonyl (C=O) groups excluding carboxylic acids is 1. The zero-order valence-electron chi connectivity index (χ0n) is 11.1. The van der Waals surface area contributed by atoms with Gasteiger partial charge in [0.05, 0.1) is 18.1 Å². The number of esters is 1. The van der Waals surface area contributed by atoms with Crippen molar-refractivity contribution in [2.45, 2.75) is 31.9 Å². The lowest BCUT2D eigenvalue weighted by Crippen LogP contribution is -2.29. The van der Waals surface area contributed by atoms with Crippen molar-refractivity contribution in [2.24, 2.45) is 0 Å². The van der Waals surface area contributed by atoms with Gasteiger partial charge in [-0.2, -0.15) is 0 Å². The molecule has 0 aromatic carbocycles. The number of methoxy groups -OCH3 is 1. The van der Waals surface area contributed by atoms with E-state index in [4.69, 9.17) is 0 Å². The SMILES string of the molecule is COC(=O)CCCN(C)CCS(=O)(=O)C(C)C. The highest BCUT2D eigenvalue weighted by molar-refractivity contribution is 7.92. The minimum Gasteiger partial charge on any atom is -0.469 e. The Labute approximate surface area is 104 Å². The second kappa shape index (κ2) is 7.66. The molecule has 0 saturated heterocycles. The largest absolute Gasteiger partial charge is 0.469 e. The molecule has 102 valence electrons. The van der Waals surface area contributed by atoms with E-state index in [0.29, 0.717) is 25.9 Å². The molecule has 0 heterocycles. The minimum absolute atomic E-state index is 0.166. The molecular formula is C11H23NO4S. The predicted octanol–water partition coefficient (Wildman–Crippen LogP) is 0.695. The van der Waals surface area contributed by atoms with Crippen molar-refractivity contribution in [1.82, 2.24) is 4.90 Å². The van der Waals surface area contributed by atoms with Crippen molar-refractivity contribution in [3.63, 3.8) is 0 Å². The first-order chi connectivity index (χ1) is 7.79. The van der Waals surface area contributed by atoms with Crippen LogP contribution in [0.1, 0.15) is 26.7 Å². The van der Waals surface area contributed by atoms with Gasteiger partial charge in [0.2, 0.25) is 0 Å². The van der Waals surface area contributed by atoms with Crippen LogP contribution >= 0.6 is 0 Å². The van der Waals surface area contributed by atoms with E-state index in [-0.39, 0.29) is 17.0 Å². The molecule has 0 unspecified atom stereocenters. The average molecular weight is 265 g/mol. The lowest BCUT2D eigenvalue weighted by molar-refractivity contribution is -0.140. The van der Waals surface area contributed by atoms with Crippen LogP contribution in [0.3, 0.4) is 0 Å². The van der Waals surface area contributed by atoms with Gasteiger partial charge in [-0.1, -0.05) is 0 Å². The molecule has 0 amide bonds. The lowest BCUT2D eigenvalue weighted by Gasteiger charge is -2.17. The highest BCUT2D eigenvalue weighted by atomic mass is 32.2. The first-order valence-corrected chi connectivity index (χ1v) is 7.48. The van der Waals surface area contributed by atoms with Gasteiger partial charge in [-0.05, 0) is 33.9 Å². The highest BCUT2D eigenvalue weighted by Gasteiger charge is 2.16. The van der Waals surface area contributed by atoms with Crippen molar-refractivity contribution in [1.29, 1.82) is 0 Å². The van der Waals surface area contributed by atoms with Crippen LogP contribution in [0.5, 0.6) is 0 Å². The Morgan fingerprint density at radius 3 is 2.35 bits per heavy atom. The zero-order chi connectivity index (χ0) is 13.5. The molecule has 0 atom stereocenters. The second-order valence-corrected chi connectivity index (χ2v) is 7.08. The Balaban J connectivity index is 3.81. The van der Waals surface area contributed by atoms with Crippen LogP contribution < -0.4 is 0 Å². The predicted molar refractivity (Wildman–Crippen MR) is 67.7 cm³/mol. The Bertz CT molecular complexity index is 324. The van der Waals surface area contributed by atoms with Crippen molar-refractivity contribution < 1.29 is 17.9 Å². The van der Waals surface area contributed by atoms with Crippen LogP contribution in [0, 0.1) is 0 Å². The van der Waals surface area contributed by atoms with Gasteiger partial charge in [-0.25, -0.2) is 8.42 Å². The van der Waals surface area contributed by atoms with Crippen molar-refractivity contribution in [2.75, 3.05) is 33.0 Å². The van der Waals surface area contributed by atoms with Gasteiger partial charge in [0.25, 0.3) is 0 Å². The van der Waals surface area contributed by atoms with Crippen molar-refractivity contribution in [3.05, 3.63) is 0 Å². The number of carbonyl (C=O) groups is 1. The molecule has 0 bridgehead atoms. The molecule has 0 aliphatic heterocycles. The summed E-state index contributed by atoms with van der Waals surface area (Å²) in [6, 6.07) is 0. The number of hydrogen-bond acceptors (Lipinski definition) is 5. The van der Waals surface area contributed by atoms with Crippen molar-refractivity contribution in [3.8, 4) is 0 Å². The second-order valence-electron chi connectivity index (χ2n) is 4.40. The quantitative estimate of drug-likeness (QED) is 0.604. The smallest absolute Gasteiger partial charge is 0.305 e. The summed E-state index contributed by atoms with van der Waals surface area (Å²) in [6.45, 7) is 4.57. The number of rotatable bonds is 8. The van der Waals surface area contributed by atoms with Gasteiger partial charge < -0.3 is 9.64 Å². The van der Waals surface area contributed by atoms with Gasteiger partial charge in [-0.15, -0.1) is 0 Å². The molecule has 0 aromatic heterocycles. The van der Waals surface area contributed by atoms with Crippen LogP contribution in [0.15, 0.2) is 0 Å². The molecule has 0 saturated carbocycles. The fourth-order valence-electron chi connectivity index (χ4n) is 1.23. The molecule has 0 rings (SSSR count). The Hall–Kier alpha value is -0.620. The first-order valence-electron chi connectivity index (χ1n) is 5.76. The fraction of sp³-hybridized carbons (Fsp3) is 0.909. The fourth-order valence-corrected chi connectivity index (χ4v) is 2.26. The third-order valence-corrected chi connectivity index (χ3v) is 4.81. The van der Waals surface area contributed by atoms with E-state index in [0.717, 1.165) is 0 Å². The minimum atomic E-state index is -2.97. The molecule has 5 nitrogen and oxygen atoms in total. The topological polar surface area (TPSA) is 63.7 Å². The Morgan fingerprint density at radius 2 is 1.88 bits per heavy atom. The van der Waals surface area contributed by atoms with Crippen molar-refractivity contribution >= 4 is 15.8 Å². The van der Waals surface area contributed by atoms with Crippen LogP contribution in [-0.4, -0.2) is 57.5 Å². The van der Waals surface area contributed by atoms with Gasteiger partial charge in [0.15, 0.2) is 9.84 Å². The van der Waals surface area contributed by atoms with E-state index >= 15 is 0 Å². The normalized spacial score (nSPS) is 12.1.